The molecule has 7 fully saturated rings. The van der Waals surface area contributed by atoms with Gasteiger partial charge in [-0.25, -0.2) is 9.59 Å². The minimum Gasteiger partial charge on any atom is -0.390 e. The van der Waals surface area contributed by atoms with Crippen LogP contribution in [0.5, 0.6) is 0 Å². The third-order valence-electron chi connectivity index (χ3n) is 9.71. The van der Waals surface area contributed by atoms with E-state index in [4.69, 9.17) is 27.9 Å². The van der Waals surface area contributed by atoms with Crippen LogP contribution in [0.1, 0.15) is 64.2 Å². The first-order valence-corrected chi connectivity index (χ1v) is 11.9. The van der Waals surface area contributed by atoms with Crippen LogP contribution in [-0.2, 0) is 14.3 Å². The first kappa shape index (κ1) is 17.6. The number of alkyl halides is 2. The zero-order valence-electron chi connectivity index (χ0n) is 15.7. The maximum atomic E-state index is 12.9. The van der Waals surface area contributed by atoms with Crippen LogP contribution in [-0.4, -0.2) is 21.7 Å². The third kappa shape index (κ3) is 1.92. The molecule has 1 saturated heterocycles. The molecule has 6 saturated carbocycles. The number of ether oxygens (including phenoxy) is 1. The van der Waals surface area contributed by atoms with Crippen LogP contribution in [0.25, 0.3) is 0 Å². The van der Waals surface area contributed by atoms with Gasteiger partial charge >= 0.3 is 11.9 Å². The molecule has 10 atom stereocenters. The van der Waals surface area contributed by atoms with Crippen molar-refractivity contribution in [3.63, 3.8) is 0 Å². The quantitative estimate of drug-likeness (QED) is 0.323. The van der Waals surface area contributed by atoms with E-state index in [1.165, 1.54) is 51.4 Å². The number of hydrogen-bond donors (Lipinski definition) is 0. The summed E-state index contributed by atoms with van der Waals surface area (Å²) in [5, 5.41) is 0. The molecule has 5 heteroatoms. The summed E-state index contributed by atoms with van der Waals surface area (Å²) in [5.74, 6) is 2.24. The monoisotopic (exact) mass is 410 g/mol. The Morgan fingerprint density at radius 2 is 1.07 bits per heavy atom. The number of carbonyl (C=O) groups excluding carboxylic acids is 2. The lowest BCUT2D eigenvalue weighted by Crippen LogP contribution is -2.75. The SMILES string of the molecule is O=C1OC(=O)C2(Cl)C3C4CCCCC4C(C4CC5CCCCC5CC43)C12Cl. The van der Waals surface area contributed by atoms with Crippen molar-refractivity contribution in [2.75, 3.05) is 0 Å². The molecular weight excluding hydrogens is 383 g/mol. The van der Waals surface area contributed by atoms with Gasteiger partial charge in [-0.05, 0) is 73.0 Å². The van der Waals surface area contributed by atoms with Gasteiger partial charge in [-0.2, -0.15) is 0 Å². The standard InChI is InChI=1S/C22H28Cl2O3/c23-21-17-13-7-3-4-8-14(13)18(22(21,24)20(26)27-19(21)25)16-10-12-6-2-1-5-11(12)9-15(16)17/h11-18H,1-10H2. The minimum atomic E-state index is -1.34. The van der Waals surface area contributed by atoms with Crippen LogP contribution >= 0.6 is 23.2 Å². The highest BCUT2D eigenvalue weighted by molar-refractivity contribution is 6.51. The fourth-order valence-electron chi connectivity index (χ4n) is 8.96. The van der Waals surface area contributed by atoms with Crippen molar-refractivity contribution in [2.45, 2.75) is 74.0 Å². The zero-order valence-corrected chi connectivity index (χ0v) is 17.2. The molecule has 7 rings (SSSR count). The number of cyclic esters (lactones) is 2. The highest BCUT2D eigenvalue weighted by atomic mass is 35.5. The van der Waals surface area contributed by atoms with E-state index in [2.05, 4.69) is 0 Å². The maximum Gasteiger partial charge on any atom is 0.337 e. The summed E-state index contributed by atoms with van der Waals surface area (Å²) in [4.78, 5) is 23.1. The predicted molar refractivity (Wildman–Crippen MR) is 102 cm³/mol. The average Bonchev–Trinajstić information content (AvgIpc) is 2.86. The molecule has 1 aliphatic heterocycles. The molecule has 7 aliphatic rings. The summed E-state index contributed by atoms with van der Waals surface area (Å²) in [5.41, 5.74) is 0. The Hall–Kier alpha value is -0.280. The molecule has 1 heterocycles. The Balaban J connectivity index is 1.50. The first-order chi connectivity index (χ1) is 13.0. The summed E-state index contributed by atoms with van der Waals surface area (Å²) in [6.45, 7) is 0. The molecule has 10 unspecified atom stereocenters. The van der Waals surface area contributed by atoms with E-state index in [9.17, 15) is 9.59 Å². The number of fused-ring (bicyclic) bond motifs is 1. The molecule has 2 bridgehead atoms. The summed E-state index contributed by atoms with van der Waals surface area (Å²) < 4.78 is 5.18. The number of rotatable bonds is 0. The van der Waals surface area contributed by atoms with Gasteiger partial charge in [0.25, 0.3) is 0 Å². The summed E-state index contributed by atoms with van der Waals surface area (Å²) in [6.07, 6.45) is 12.4. The van der Waals surface area contributed by atoms with Crippen LogP contribution in [0.3, 0.4) is 0 Å². The topological polar surface area (TPSA) is 43.4 Å². The van der Waals surface area contributed by atoms with Crippen molar-refractivity contribution in [1.29, 1.82) is 0 Å². The lowest BCUT2D eigenvalue weighted by atomic mass is 9.38. The van der Waals surface area contributed by atoms with E-state index >= 15 is 0 Å². The molecule has 6 aliphatic carbocycles. The number of carbonyl (C=O) groups is 2. The fraction of sp³-hybridized carbons (Fsp3) is 0.909. The molecule has 3 nitrogen and oxygen atoms in total. The molecule has 27 heavy (non-hydrogen) atoms. The molecule has 148 valence electrons. The summed E-state index contributed by atoms with van der Waals surface area (Å²) >= 11 is 14.3. The van der Waals surface area contributed by atoms with Crippen molar-refractivity contribution in [2.24, 2.45) is 47.3 Å². The molecule has 0 N–H and O–H groups in total. The van der Waals surface area contributed by atoms with Gasteiger partial charge in [0.2, 0.25) is 0 Å². The van der Waals surface area contributed by atoms with Crippen LogP contribution < -0.4 is 0 Å². The maximum absolute atomic E-state index is 12.9. The number of hydrogen-bond acceptors (Lipinski definition) is 3. The fourth-order valence-corrected chi connectivity index (χ4v) is 10.1. The Bertz CT molecular complexity index is 652. The van der Waals surface area contributed by atoms with Crippen molar-refractivity contribution < 1.29 is 14.3 Å². The van der Waals surface area contributed by atoms with Crippen molar-refractivity contribution in [1.82, 2.24) is 0 Å². The van der Waals surface area contributed by atoms with Gasteiger partial charge in [-0.1, -0.05) is 38.5 Å². The van der Waals surface area contributed by atoms with E-state index < -0.39 is 21.7 Å². The summed E-state index contributed by atoms with van der Waals surface area (Å²) in [6, 6.07) is 0. The Morgan fingerprint density at radius 1 is 0.667 bits per heavy atom. The second-order valence-corrected chi connectivity index (χ2v) is 11.6. The van der Waals surface area contributed by atoms with Crippen LogP contribution in [0, 0.1) is 47.3 Å². The molecule has 0 spiro atoms. The molecule has 0 aromatic heterocycles. The zero-order chi connectivity index (χ0) is 18.6. The number of esters is 2. The van der Waals surface area contributed by atoms with Gasteiger partial charge < -0.3 is 4.74 Å². The largest absolute Gasteiger partial charge is 0.390 e. The van der Waals surface area contributed by atoms with Crippen molar-refractivity contribution in [3.05, 3.63) is 0 Å². The van der Waals surface area contributed by atoms with Gasteiger partial charge in [-0.3, -0.25) is 0 Å². The predicted octanol–water partition coefficient (Wildman–Crippen LogP) is 4.92. The van der Waals surface area contributed by atoms with Crippen LogP contribution in [0.4, 0.5) is 0 Å². The molecule has 0 aromatic rings. The molecule has 0 radical (unpaired) electrons. The van der Waals surface area contributed by atoms with Gasteiger partial charge in [0.15, 0.2) is 9.75 Å². The molecule has 0 aromatic carbocycles. The van der Waals surface area contributed by atoms with E-state index in [-0.39, 0.29) is 11.8 Å². The summed E-state index contributed by atoms with van der Waals surface area (Å²) in [7, 11) is 0. The average molecular weight is 411 g/mol. The minimum absolute atomic E-state index is 0.0128. The lowest BCUT2D eigenvalue weighted by molar-refractivity contribution is -0.173. The van der Waals surface area contributed by atoms with E-state index in [0.29, 0.717) is 23.7 Å². The lowest BCUT2D eigenvalue weighted by Gasteiger charge is -2.68. The van der Waals surface area contributed by atoms with E-state index in [1.807, 2.05) is 0 Å². The smallest absolute Gasteiger partial charge is 0.337 e. The molecular formula is C22H28Cl2O3. The van der Waals surface area contributed by atoms with Gasteiger partial charge in [-0.15, -0.1) is 23.2 Å². The second-order valence-electron chi connectivity index (χ2n) is 10.4. The van der Waals surface area contributed by atoms with E-state index in [1.54, 1.807) is 0 Å². The van der Waals surface area contributed by atoms with Crippen LogP contribution in [0.2, 0.25) is 0 Å². The van der Waals surface area contributed by atoms with Crippen molar-refractivity contribution >= 4 is 35.1 Å². The normalized spacial score (nSPS) is 58.7. The van der Waals surface area contributed by atoms with Gasteiger partial charge in [0.1, 0.15) is 0 Å². The van der Waals surface area contributed by atoms with E-state index in [0.717, 1.165) is 24.7 Å². The Labute approximate surface area is 170 Å². The van der Waals surface area contributed by atoms with Crippen molar-refractivity contribution in [3.8, 4) is 0 Å². The third-order valence-corrected chi connectivity index (χ3v) is 11.2. The second kappa shape index (κ2) is 5.65. The van der Waals surface area contributed by atoms with Gasteiger partial charge in [0.05, 0.1) is 0 Å². The highest BCUT2D eigenvalue weighted by Crippen LogP contribution is 2.74. The molecule has 0 amide bonds. The Morgan fingerprint density at radius 3 is 1.52 bits per heavy atom. The van der Waals surface area contributed by atoms with Gasteiger partial charge in [0, 0.05) is 0 Å². The highest BCUT2D eigenvalue weighted by Gasteiger charge is 2.83. The first-order valence-electron chi connectivity index (χ1n) is 11.1. The van der Waals surface area contributed by atoms with Crippen LogP contribution in [0.15, 0.2) is 0 Å². The number of halogens is 2. The Kier molecular flexibility index (Phi) is 3.68.